The van der Waals surface area contributed by atoms with Crippen LogP contribution in [0.3, 0.4) is 0 Å². The van der Waals surface area contributed by atoms with E-state index < -0.39 is 10.0 Å². The number of primary sulfonamides is 1. The van der Waals surface area contributed by atoms with Crippen LogP contribution >= 0.6 is 11.3 Å². The van der Waals surface area contributed by atoms with Crippen molar-refractivity contribution in [1.29, 1.82) is 0 Å². The molecule has 0 saturated heterocycles. The summed E-state index contributed by atoms with van der Waals surface area (Å²) >= 11 is 1.55. The number of thiophene rings is 1. The van der Waals surface area contributed by atoms with Crippen LogP contribution in [0.25, 0.3) is 10.2 Å². The van der Waals surface area contributed by atoms with Crippen LogP contribution in [0.2, 0.25) is 0 Å². The quantitative estimate of drug-likeness (QED) is 0.739. The van der Waals surface area contributed by atoms with Crippen molar-refractivity contribution in [3.05, 3.63) is 47.6 Å². The fourth-order valence-corrected chi connectivity index (χ4v) is 3.70. The number of aromatic nitrogens is 2. The van der Waals surface area contributed by atoms with E-state index in [1.165, 1.54) is 12.4 Å². The largest absolute Gasteiger partial charge is 0.363 e. The lowest BCUT2D eigenvalue weighted by molar-refractivity contribution is 0.597. The van der Waals surface area contributed by atoms with Crippen LogP contribution < -0.4 is 10.5 Å². The number of nitrogens with zero attached hydrogens (tertiary/aromatic N) is 2. The number of nitrogens with one attached hydrogen (secondary N) is 1. The van der Waals surface area contributed by atoms with Gasteiger partial charge in [0.2, 0.25) is 10.0 Å². The summed E-state index contributed by atoms with van der Waals surface area (Å²) in [6, 6.07) is 8.56. The highest BCUT2D eigenvalue weighted by Crippen LogP contribution is 2.29. The van der Waals surface area contributed by atoms with Crippen molar-refractivity contribution in [3.63, 3.8) is 0 Å². The average Bonchev–Trinajstić information content (AvgIpc) is 3.01. The predicted molar refractivity (Wildman–Crippen MR) is 91.9 cm³/mol. The maximum atomic E-state index is 11.5. The Morgan fingerprint density at radius 3 is 2.87 bits per heavy atom. The van der Waals surface area contributed by atoms with Crippen molar-refractivity contribution < 1.29 is 8.42 Å². The van der Waals surface area contributed by atoms with E-state index in [0.29, 0.717) is 0 Å². The minimum absolute atomic E-state index is 0.0744. The van der Waals surface area contributed by atoms with Gasteiger partial charge in [-0.2, -0.15) is 0 Å². The lowest BCUT2D eigenvalue weighted by Crippen LogP contribution is -2.15. The highest BCUT2D eigenvalue weighted by molar-refractivity contribution is 7.89. The first kappa shape index (κ1) is 15.9. The molecule has 2 heterocycles. The molecule has 8 heteroatoms. The number of fused-ring (bicyclic) bond motifs is 1. The maximum Gasteiger partial charge on any atom is 0.238 e. The van der Waals surface area contributed by atoms with E-state index in [2.05, 4.69) is 15.3 Å². The second-order valence-corrected chi connectivity index (χ2v) is 7.54. The molecule has 23 heavy (non-hydrogen) atoms. The molecule has 3 aromatic rings. The summed E-state index contributed by atoms with van der Waals surface area (Å²) in [4.78, 5) is 9.55. The first-order valence-corrected chi connectivity index (χ1v) is 9.49. The molecule has 0 saturated carbocycles. The van der Waals surface area contributed by atoms with Gasteiger partial charge in [-0.25, -0.2) is 23.5 Å². The number of nitrogens with two attached hydrogens (primary N) is 1. The zero-order valence-corrected chi connectivity index (χ0v) is 14.1. The molecule has 0 bridgehead atoms. The Kier molecular flexibility index (Phi) is 4.29. The molecule has 3 N–H and O–H groups in total. The van der Waals surface area contributed by atoms with Crippen molar-refractivity contribution in [2.45, 2.75) is 24.3 Å². The summed E-state index contributed by atoms with van der Waals surface area (Å²) in [7, 11) is -3.72. The molecule has 1 aromatic carbocycles. The van der Waals surface area contributed by atoms with E-state index in [1.54, 1.807) is 23.5 Å². The van der Waals surface area contributed by atoms with Crippen LogP contribution in [0.5, 0.6) is 0 Å². The van der Waals surface area contributed by atoms with Crippen molar-refractivity contribution >= 4 is 37.4 Å². The van der Waals surface area contributed by atoms with Gasteiger partial charge in [0.05, 0.1) is 16.3 Å². The van der Waals surface area contributed by atoms with Gasteiger partial charge >= 0.3 is 0 Å². The number of sulfonamides is 1. The second-order valence-electron chi connectivity index (χ2n) is 5.08. The number of rotatable bonds is 5. The third-order valence-electron chi connectivity index (χ3n) is 3.57. The van der Waals surface area contributed by atoms with Crippen LogP contribution in [-0.2, 0) is 10.0 Å². The van der Waals surface area contributed by atoms with Crippen LogP contribution in [0, 0.1) is 0 Å². The Labute approximate surface area is 138 Å². The van der Waals surface area contributed by atoms with Gasteiger partial charge in [0.1, 0.15) is 17.0 Å². The Bertz CT molecular complexity index is 937. The molecule has 0 amide bonds. The molecule has 0 fully saturated rings. The van der Waals surface area contributed by atoms with E-state index >= 15 is 0 Å². The number of benzene rings is 1. The molecule has 0 radical (unpaired) electrons. The molecule has 3 rings (SSSR count). The molecule has 0 aliphatic heterocycles. The predicted octanol–water partition coefficient (Wildman–Crippen LogP) is 2.90. The molecule has 0 aliphatic carbocycles. The number of hydrogen-bond donors (Lipinski definition) is 2. The van der Waals surface area contributed by atoms with Crippen LogP contribution in [0.15, 0.2) is 46.9 Å². The molecule has 0 aliphatic rings. The Morgan fingerprint density at radius 2 is 2.13 bits per heavy atom. The monoisotopic (exact) mass is 348 g/mol. The normalized spacial score (nSPS) is 13.1. The molecular formula is C15H16N4O2S2. The molecule has 120 valence electrons. The fourth-order valence-electron chi connectivity index (χ4n) is 2.40. The highest BCUT2D eigenvalue weighted by Gasteiger charge is 2.15. The number of hydrogen-bond acceptors (Lipinski definition) is 6. The smallest absolute Gasteiger partial charge is 0.238 e. The van der Waals surface area contributed by atoms with Crippen molar-refractivity contribution in [3.8, 4) is 0 Å². The summed E-state index contributed by atoms with van der Waals surface area (Å²) in [6.07, 6.45) is 2.29. The van der Waals surface area contributed by atoms with Gasteiger partial charge in [-0.15, -0.1) is 11.3 Å². The van der Waals surface area contributed by atoms with Gasteiger partial charge in [-0.3, -0.25) is 0 Å². The van der Waals surface area contributed by atoms with E-state index in [9.17, 15) is 8.42 Å². The molecule has 6 nitrogen and oxygen atoms in total. The van der Waals surface area contributed by atoms with E-state index in [1.807, 2.05) is 24.4 Å². The number of anilines is 1. The van der Waals surface area contributed by atoms with E-state index in [0.717, 1.165) is 28.0 Å². The lowest BCUT2D eigenvalue weighted by Gasteiger charge is -2.19. The summed E-state index contributed by atoms with van der Waals surface area (Å²) in [6.45, 7) is 2.02. The minimum atomic E-state index is -3.72. The molecule has 0 spiro atoms. The minimum Gasteiger partial charge on any atom is -0.363 e. The van der Waals surface area contributed by atoms with Gasteiger partial charge in [-0.1, -0.05) is 19.1 Å². The maximum absolute atomic E-state index is 11.5. The Hall–Kier alpha value is -2.03. The third-order valence-corrected chi connectivity index (χ3v) is 5.30. The molecule has 0 unspecified atom stereocenters. The third kappa shape index (κ3) is 3.34. The standard InChI is InChI=1S/C15H16N4O2S2/c1-2-13(10-4-3-5-11(8-10)23(16,20)21)19-14-12-6-7-22-15(12)18-9-17-14/h3-9,13H,2H2,1H3,(H2,16,20,21)(H,17,18,19)/t13-/m0/s1. The summed E-state index contributed by atoms with van der Waals surface area (Å²) in [5.41, 5.74) is 0.848. The van der Waals surface area contributed by atoms with Crippen molar-refractivity contribution in [2.75, 3.05) is 5.32 Å². The van der Waals surface area contributed by atoms with E-state index in [-0.39, 0.29) is 10.9 Å². The molecular weight excluding hydrogens is 332 g/mol. The zero-order chi connectivity index (χ0) is 16.4. The van der Waals surface area contributed by atoms with Gasteiger partial charge < -0.3 is 5.32 Å². The van der Waals surface area contributed by atoms with Gasteiger partial charge in [0.15, 0.2) is 0 Å². The van der Waals surface area contributed by atoms with E-state index in [4.69, 9.17) is 5.14 Å². The fraction of sp³-hybridized carbons (Fsp3) is 0.200. The van der Waals surface area contributed by atoms with Crippen LogP contribution in [-0.4, -0.2) is 18.4 Å². The Morgan fingerprint density at radius 1 is 1.30 bits per heavy atom. The zero-order valence-electron chi connectivity index (χ0n) is 12.4. The van der Waals surface area contributed by atoms with Gasteiger partial charge in [0.25, 0.3) is 0 Å². The lowest BCUT2D eigenvalue weighted by atomic mass is 10.0. The van der Waals surface area contributed by atoms with Gasteiger partial charge in [0, 0.05) is 0 Å². The molecule has 1 atom stereocenters. The highest BCUT2D eigenvalue weighted by atomic mass is 32.2. The van der Waals surface area contributed by atoms with Crippen LogP contribution in [0.1, 0.15) is 24.9 Å². The van der Waals surface area contributed by atoms with Crippen LogP contribution in [0.4, 0.5) is 5.82 Å². The second kappa shape index (κ2) is 6.23. The summed E-state index contributed by atoms with van der Waals surface area (Å²) < 4.78 is 23.1. The topological polar surface area (TPSA) is 98.0 Å². The van der Waals surface area contributed by atoms with Gasteiger partial charge in [-0.05, 0) is 35.6 Å². The Balaban J connectivity index is 1.96. The van der Waals surface area contributed by atoms with Crippen molar-refractivity contribution in [1.82, 2.24) is 9.97 Å². The first-order valence-electron chi connectivity index (χ1n) is 7.06. The average molecular weight is 348 g/mol. The first-order chi connectivity index (χ1) is 11.0. The van der Waals surface area contributed by atoms with Crippen molar-refractivity contribution in [2.24, 2.45) is 5.14 Å². The summed E-state index contributed by atoms with van der Waals surface area (Å²) in [5.74, 6) is 0.740. The summed E-state index contributed by atoms with van der Waals surface area (Å²) in [5, 5.41) is 11.5. The molecule has 2 aromatic heterocycles. The SMILES string of the molecule is CC[C@H](Nc1ncnc2sccc12)c1cccc(S(N)(=O)=O)c1.